The van der Waals surface area contributed by atoms with Gasteiger partial charge in [-0.15, -0.1) is 0 Å². The van der Waals surface area contributed by atoms with Crippen molar-refractivity contribution in [3.8, 4) is 5.75 Å². The molecule has 0 amide bonds. The number of ether oxygens (including phenoxy) is 1. The van der Waals surface area contributed by atoms with E-state index in [1.165, 1.54) is 44.3 Å². The Labute approximate surface area is 129 Å². The van der Waals surface area contributed by atoms with Crippen molar-refractivity contribution in [1.29, 1.82) is 0 Å². The van der Waals surface area contributed by atoms with Gasteiger partial charge in [0.2, 0.25) is 0 Å². The van der Waals surface area contributed by atoms with E-state index < -0.39 is 0 Å². The summed E-state index contributed by atoms with van der Waals surface area (Å²) in [5, 5.41) is 0. The summed E-state index contributed by atoms with van der Waals surface area (Å²) in [6, 6.07) is 8.33. The Morgan fingerprint density at radius 3 is 2.52 bits per heavy atom. The zero-order chi connectivity index (χ0) is 14.9. The topological polar surface area (TPSA) is 38.5 Å². The van der Waals surface area contributed by atoms with Crippen LogP contribution in [0, 0.1) is 5.92 Å². The number of nitrogens with two attached hydrogens (primary N) is 1. The van der Waals surface area contributed by atoms with Gasteiger partial charge in [0.1, 0.15) is 12.4 Å². The molecule has 0 atom stereocenters. The number of hydrogen-bond donors (Lipinski definition) is 1. The van der Waals surface area contributed by atoms with Crippen LogP contribution in [0.5, 0.6) is 5.75 Å². The lowest BCUT2D eigenvalue weighted by Gasteiger charge is -2.31. The maximum Gasteiger partial charge on any atom is 0.119 e. The molecule has 2 N–H and O–H groups in total. The number of piperidine rings is 1. The fourth-order valence-electron chi connectivity index (χ4n) is 3.12. The fraction of sp³-hybridized carbons (Fsp3) is 0.667. The minimum Gasteiger partial charge on any atom is -0.492 e. The van der Waals surface area contributed by atoms with Crippen LogP contribution in [0.4, 0.5) is 0 Å². The van der Waals surface area contributed by atoms with Crippen molar-refractivity contribution in [2.75, 3.05) is 32.8 Å². The van der Waals surface area contributed by atoms with Crippen LogP contribution in [0.1, 0.15) is 38.2 Å². The third-order valence-electron chi connectivity index (χ3n) is 4.44. The molecule has 1 saturated heterocycles. The first kappa shape index (κ1) is 16.3. The molecule has 1 aromatic rings. The molecule has 0 radical (unpaired) electrons. The summed E-state index contributed by atoms with van der Waals surface area (Å²) in [4.78, 5) is 2.54. The smallest absolute Gasteiger partial charge is 0.119 e. The van der Waals surface area contributed by atoms with Crippen LogP contribution in [-0.2, 0) is 6.42 Å². The summed E-state index contributed by atoms with van der Waals surface area (Å²) in [6.07, 6.45) is 6.39. The minimum absolute atomic E-state index is 0.703. The highest BCUT2D eigenvalue weighted by Crippen LogP contribution is 2.21. The maximum atomic E-state index is 5.84. The minimum atomic E-state index is 0.703. The summed E-state index contributed by atoms with van der Waals surface area (Å²) >= 11 is 0. The van der Waals surface area contributed by atoms with E-state index in [4.69, 9.17) is 10.5 Å². The highest BCUT2D eigenvalue weighted by molar-refractivity contribution is 5.27. The van der Waals surface area contributed by atoms with Crippen LogP contribution in [0.3, 0.4) is 0 Å². The van der Waals surface area contributed by atoms with Gasteiger partial charge in [-0.25, -0.2) is 0 Å². The van der Waals surface area contributed by atoms with Gasteiger partial charge in [-0.2, -0.15) is 0 Å². The second-order valence-electron chi connectivity index (χ2n) is 6.10. The largest absolute Gasteiger partial charge is 0.492 e. The summed E-state index contributed by atoms with van der Waals surface area (Å²) in [5.41, 5.74) is 6.83. The molecule has 21 heavy (non-hydrogen) atoms. The lowest BCUT2D eigenvalue weighted by atomic mass is 9.92. The zero-order valence-corrected chi connectivity index (χ0v) is 13.4. The molecule has 0 bridgehead atoms. The SMILES string of the molecule is CCCC1CCN(CCOc2ccc(CCN)cc2)CC1. The molecule has 3 nitrogen and oxygen atoms in total. The standard InChI is InChI=1S/C18H30N2O/c1-2-3-16-9-12-20(13-10-16)14-15-21-18-6-4-17(5-7-18)8-11-19/h4-7,16H,2-3,8-15,19H2,1H3. The Morgan fingerprint density at radius 1 is 1.19 bits per heavy atom. The average molecular weight is 290 g/mol. The molecular weight excluding hydrogens is 260 g/mol. The first-order chi connectivity index (χ1) is 10.3. The van der Waals surface area contributed by atoms with E-state index in [-0.39, 0.29) is 0 Å². The Bertz CT molecular complexity index is 383. The number of rotatable bonds is 8. The second kappa shape index (κ2) is 9.06. The summed E-state index contributed by atoms with van der Waals surface area (Å²) in [7, 11) is 0. The fourth-order valence-corrected chi connectivity index (χ4v) is 3.12. The van der Waals surface area contributed by atoms with E-state index in [1.54, 1.807) is 0 Å². The van der Waals surface area contributed by atoms with Crippen molar-refractivity contribution in [2.24, 2.45) is 11.7 Å². The predicted octanol–water partition coefficient (Wildman–Crippen LogP) is 3.08. The van der Waals surface area contributed by atoms with Crippen molar-refractivity contribution >= 4 is 0 Å². The third kappa shape index (κ3) is 5.68. The van der Waals surface area contributed by atoms with Gasteiger partial charge in [-0.05, 0) is 62.5 Å². The van der Waals surface area contributed by atoms with Gasteiger partial charge in [0.15, 0.2) is 0 Å². The zero-order valence-electron chi connectivity index (χ0n) is 13.4. The van der Waals surface area contributed by atoms with Crippen LogP contribution in [0.15, 0.2) is 24.3 Å². The first-order valence-corrected chi connectivity index (χ1v) is 8.46. The van der Waals surface area contributed by atoms with Crippen molar-refractivity contribution in [3.63, 3.8) is 0 Å². The van der Waals surface area contributed by atoms with Gasteiger partial charge in [0, 0.05) is 6.54 Å². The van der Waals surface area contributed by atoms with Gasteiger partial charge < -0.3 is 10.5 Å². The van der Waals surface area contributed by atoms with Gasteiger partial charge in [-0.1, -0.05) is 31.9 Å². The quantitative estimate of drug-likeness (QED) is 0.799. The monoisotopic (exact) mass is 290 g/mol. The second-order valence-corrected chi connectivity index (χ2v) is 6.10. The summed E-state index contributed by atoms with van der Waals surface area (Å²) in [6.45, 7) is 7.30. The van der Waals surface area contributed by atoms with Gasteiger partial charge in [0.05, 0.1) is 0 Å². The normalized spacial score (nSPS) is 17.0. The number of hydrogen-bond acceptors (Lipinski definition) is 3. The van der Waals surface area contributed by atoms with Crippen LogP contribution >= 0.6 is 0 Å². The van der Waals surface area contributed by atoms with E-state index >= 15 is 0 Å². The number of nitrogens with zero attached hydrogens (tertiary/aromatic N) is 1. The van der Waals surface area contributed by atoms with Crippen LogP contribution in [-0.4, -0.2) is 37.7 Å². The van der Waals surface area contributed by atoms with Crippen LogP contribution in [0.2, 0.25) is 0 Å². The summed E-state index contributed by atoms with van der Waals surface area (Å²) < 4.78 is 5.84. The molecule has 0 unspecified atom stereocenters. The van der Waals surface area contributed by atoms with Gasteiger partial charge >= 0.3 is 0 Å². The highest BCUT2D eigenvalue weighted by Gasteiger charge is 2.17. The van der Waals surface area contributed by atoms with E-state index in [1.807, 2.05) is 0 Å². The van der Waals surface area contributed by atoms with Crippen molar-refractivity contribution in [2.45, 2.75) is 39.0 Å². The first-order valence-electron chi connectivity index (χ1n) is 8.46. The van der Waals surface area contributed by atoms with E-state index in [9.17, 15) is 0 Å². The molecule has 0 aromatic heterocycles. The predicted molar refractivity (Wildman–Crippen MR) is 88.8 cm³/mol. The Kier molecular flexibility index (Phi) is 7.04. The molecule has 1 aromatic carbocycles. The van der Waals surface area contributed by atoms with Crippen molar-refractivity contribution in [3.05, 3.63) is 29.8 Å². The lowest BCUT2D eigenvalue weighted by molar-refractivity contribution is 0.151. The van der Waals surface area contributed by atoms with Gasteiger partial charge in [-0.3, -0.25) is 4.90 Å². The molecular formula is C18H30N2O. The number of likely N-dealkylation sites (tertiary alicyclic amines) is 1. The number of benzene rings is 1. The van der Waals surface area contributed by atoms with Gasteiger partial charge in [0.25, 0.3) is 0 Å². The van der Waals surface area contributed by atoms with Crippen LogP contribution < -0.4 is 10.5 Å². The molecule has 0 aliphatic carbocycles. The molecule has 1 aliphatic heterocycles. The van der Waals surface area contributed by atoms with E-state index in [0.717, 1.165) is 31.2 Å². The third-order valence-corrected chi connectivity index (χ3v) is 4.44. The molecule has 1 heterocycles. The Hall–Kier alpha value is -1.06. The lowest BCUT2D eigenvalue weighted by Crippen LogP contribution is -2.36. The van der Waals surface area contributed by atoms with E-state index in [0.29, 0.717) is 6.54 Å². The molecule has 1 aliphatic rings. The average Bonchev–Trinajstić information content (AvgIpc) is 2.51. The molecule has 118 valence electrons. The molecule has 2 rings (SSSR count). The molecule has 0 saturated carbocycles. The highest BCUT2D eigenvalue weighted by atomic mass is 16.5. The maximum absolute atomic E-state index is 5.84. The van der Waals surface area contributed by atoms with Crippen LogP contribution in [0.25, 0.3) is 0 Å². The van der Waals surface area contributed by atoms with E-state index in [2.05, 4.69) is 36.1 Å². The Balaban J connectivity index is 1.63. The molecule has 0 spiro atoms. The summed E-state index contributed by atoms with van der Waals surface area (Å²) in [5.74, 6) is 1.93. The van der Waals surface area contributed by atoms with Crippen molar-refractivity contribution < 1.29 is 4.74 Å². The Morgan fingerprint density at radius 2 is 1.90 bits per heavy atom. The van der Waals surface area contributed by atoms with Crippen molar-refractivity contribution in [1.82, 2.24) is 4.90 Å². The molecule has 3 heteroatoms. The molecule has 1 fully saturated rings.